The maximum atomic E-state index is 5.41. The van der Waals surface area contributed by atoms with Crippen LogP contribution in [0.1, 0.15) is 31.9 Å². The molecule has 0 aliphatic carbocycles. The Labute approximate surface area is 110 Å². The summed E-state index contributed by atoms with van der Waals surface area (Å²) in [5.41, 5.74) is 2.75. The van der Waals surface area contributed by atoms with Crippen LogP contribution in [0, 0.1) is 0 Å². The second-order valence-electron chi connectivity index (χ2n) is 5.46. The van der Waals surface area contributed by atoms with Crippen LogP contribution in [0.5, 0.6) is 5.75 Å². The molecule has 1 aromatic carbocycles. The second kappa shape index (κ2) is 6.76. The minimum atomic E-state index is 0.168. The number of rotatable bonds is 6. The average molecular weight is 251 g/mol. The predicted octanol–water partition coefficient (Wildman–Crippen LogP) is 2.73. The monoisotopic (exact) mass is 251 g/mol. The summed E-state index contributed by atoms with van der Waals surface area (Å²) in [6, 6.07) is 6.45. The van der Waals surface area contributed by atoms with Gasteiger partial charge in [0.2, 0.25) is 0 Å². The Kier molecular flexibility index (Phi) is 5.63. The molecule has 0 atom stereocenters. The molecule has 1 aromatic rings. The molecule has 1 N–H and O–H groups in total. The van der Waals surface area contributed by atoms with Crippen molar-refractivity contribution in [1.29, 1.82) is 0 Å². The number of hydrogen-bond donors (Lipinski definition) is 1. The van der Waals surface area contributed by atoms with Gasteiger partial charge in [-0.1, -0.05) is 32.9 Å². The quantitative estimate of drug-likeness (QED) is 0.623. The topological polar surface area (TPSA) is 30.5 Å². The molecule has 0 aliphatic rings. The molecule has 3 heteroatoms. The van der Waals surface area contributed by atoms with Gasteiger partial charge in [0.15, 0.2) is 0 Å². The van der Waals surface area contributed by atoms with E-state index >= 15 is 0 Å². The smallest absolute Gasteiger partial charge is 0.122 e. The van der Waals surface area contributed by atoms with E-state index in [2.05, 4.69) is 44.3 Å². The molecule has 0 aliphatic heterocycles. The molecule has 102 valence electrons. The number of ether oxygens (including phenoxy) is 2. The Hall–Kier alpha value is -1.06. The van der Waals surface area contributed by atoms with E-state index in [0.717, 1.165) is 18.7 Å². The van der Waals surface area contributed by atoms with Crippen LogP contribution in [0.2, 0.25) is 0 Å². The molecule has 0 heterocycles. The number of methoxy groups -OCH3 is 2. The fourth-order valence-corrected chi connectivity index (χ4v) is 1.84. The van der Waals surface area contributed by atoms with E-state index in [1.165, 1.54) is 11.1 Å². The molecular formula is C15H25NO2. The highest BCUT2D eigenvalue weighted by atomic mass is 16.5. The molecular weight excluding hydrogens is 226 g/mol. The second-order valence-corrected chi connectivity index (χ2v) is 5.46. The standard InChI is InChI=1S/C15H25NO2/c1-15(2,3)13-6-7-14(18-5)12(10-13)8-9-16-11-17-4/h6-7,10,16H,8-9,11H2,1-5H3. The van der Waals surface area contributed by atoms with Crippen LogP contribution >= 0.6 is 0 Å². The molecule has 18 heavy (non-hydrogen) atoms. The highest BCUT2D eigenvalue weighted by molar-refractivity contribution is 5.39. The van der Waals surface area contributed by atoms with E-state index in [1.807, 2.05) is 0 Å². The predicted molar refractivity (Wildman–Crippen MR) is 75.3 cm³/mol. The summed E-state index contributed by atoms with van der Waals surface area (Å²) in [6.45, 7) is 8.14. The maximum absolute atomic E-state index is 5.41. The highest BCUT2D eigenvalue weighted by Crippen LogP contribution is 2.28. The van der Waals surface area contributed by atoms with Crippen molar-refractivity contribution in [3.8, 4) is 5.75 Å². The van der Waals surface area contributed by atoms with Gasteiger partial charge >= 0.3 is 0 Å². The SMILES string of the molecule is COCNCCc1cc(C(C)(C)C)ccc1OC. The van der Waals surface area contributed by atoms with Crippen LogP contribution in [0.3, 0.4) is 0 Å². The Morgan fingerprint density at radius 2 is 1.89 bits per heavy atom. The summed E-state index contributed by atoms with van der Waals surface area (Å²) in [6.07, 6.45) is 0.941. The van der Waals surface area contributed by atoms with Gasteiger partial charge in [-0.3, -0.25) is 5.32 Å². The normalized spacial score (nSPS) is 11.6. The third kappa shape index (κ3) is 4.31. The Balaban J connectivity index is 2.79. The van der Waals surface area contributed by atoms with Crippen molar-refractivity contribution in [2.45, 2.75) is 32.6 Å². The molecule has 0 radical (unpaired) electrons. The van der Waals surface area contributed by atoms with Gasteiger partial charge in [0.25, 0.3) is 0 Å². The highest BCUT2D eigenvalue weighted by Gasteiger charge is 2.15. The maximum Gasteiger partial charge on any atom is 0.122 e. The number of benzene rings is 1. The molecule has 1 rings (SSSR count). The first-order valence-electron chi connectivity index (χ1n) is 6.36. The minimum Gasteiger partial charge on any atom is -0.496 e. The van der Waals surface area contributed by atoms with Crippen molar-refractivity contribution in [1.82, 2.24) is 5.32 Å². The third-order valence-corrected chi connectivity index (χ3v) is 2.96. The van der Waals surface area contributed by atoms with E-state index in [0.29, 0.717) is 6.73 Å². The third-order valence-electron chi connectivity index (χ3n) is 2.96. The van der Waals surface area contributed by atoms with Crippen LogP contribution in [-0.2, 0) is 16.6 Å². The number of nitrogens with one attached hydrogen (secondary N) is 1. The molecule has 0 saturated heterocycles. The zero-order valence-electron chi connectivity index (χ0n) is 12.2. The summed E-state index contributed by atoms with van der Waals surface area (Å²) in [4.78, 5) is 0. The molecule has 3 nitrogen and oxygen atoms in total. The lowest BCUT2D eigenvalue weighted by Gasteiger charge is -2.21. The van der Waals surface area contributed by atoms with Crippen molar-refractivity contribution in [3.63, 3.8) is 0 Å². The minimum absolute atomic E-state index is 0.168. The Morgan fingerprint density at radius 3 is 2.44 bits per heavy atom. The van der Waals surface area contributed by atoms with Gasteiger partial charge in [0.1, 0.15) is 5.75 Å². The summed E-state index contributed by atoms with van der Waals surface area (Å²) < 4.78 is 10.4. The van der Waals surface area contributed by atoms with Crippen LogP contribution < -0.4 is 10.1 Å². The summed E-state index contributed by atoms with van der Waals surface area (Å²) >= 11 is 0. The van der Waals surface area contributed by atoms with Gasteiger partial charge in [-0.05, 0) is 29.0 Å². The summed E-state index contributed by atoms with van der Waals surface area (Å²) in [7, 11) is 3.41. The first kappa shape index (κ1) is 15.0. The largest absolute Gasteiger partial charge is 0.496 e. The van der Waals surface area contributed by atoms with Crippen molar-refractivity contribution < 1.29 is 9.47 Å². The van der Waals surface area contributed by atoms with Gasteiger partial charge in [-0.15, -0.1) is 0 Å². The Bertz CT molecular complexity index is 369. The van der Waals surface area contributed by atoms with Gasteiger partial charge < -0.3 is 9.47 Å². The average Bonchev–Trinajstić information content (AvgIpc) is 2.33. The zero-order valence-corrected chi connectivity index (χ0v) is 12.2. The van der Waals surface area contributed by atoms with E-state index in [-0.39, 0.29) is 5.41 Å². The van der Waals surface area contributed by atoms with E-state index in [1.54, 1.807) is 14.2 Å². The lowest BCUT2D eigenvalue weighted by atomic mass is 9.85. The van der Waals surface area contributed by atoms with Gasteiger partial charge in [-0.2, -0.15) is 0 Å². The van der Waals surface area contributed by atoms with Gasteiger partial charge in [-0.25, -0.2) is 0 Å². The molecule has 0 bridgehead atoms. The van der Waals surface area contributed by atoms with Crippen LogP contribution in [0.15, 0.2) is 18.2 Å². The fourth-order valence-electron chi connectivity index (χ4n) is 1.84. The van der Waals surface area contributed by atoms with E-state index in [9.17, 15) is 0 Å². The number of hydrogen-bond acceptors (Lipinski definition) is 3. The molecule has 0 spiro atoms. The van der Waals surface area contributed by atoms with Crippen LogP contribution in [0.25, 0.3) is 0 Å². The van der Waals surface area contributed by atoms with Crippen molar-refractivity contribution in [3.05, 3.63) is 29.3 Å². The van der Waals surface area contributed by atoms with Crippen LogP contribution in [0.4, 0.5) is 0 Å². The summed E-state index contributed by atoms with van der Waals surface area (Å²) in [5, 5.41) is 3.22. The lowest BCUT2D eigenvalue weighted by Crippen LogP contribution is -2.20. The zero-order chi connectivity index (χ0) is 13.6. The fraction of sp³-hybridized carbons (Fsp3) is 0.600. The van der Waals surface area contributed by atoms with Crippen molar-refractivity contribution in [2.24, 2.45) is 0 Å². The van der Waals surface area contributed by atoms with Gasteiger partial charge in [0, 0.05) is 13.7 Å². The first-order chi connectivity index (χ1) is 8.49. The lowest BCUT2D eigenvalue weighted by molar-refractivity contribution is 0.176. The van der Waals surface area contributed by atoms with Crippen molar-refractivity contribution >= 4 is 0 Å². The molecule has 0 fully saturated rings. The molecule has 0 unspecified atom stereocenters. The van der Waals surface area contributed by atoms with Crippen molar-refractivity contribution in [2.75, 3.05) is 27.5 Å². The summed E-state index contributed by atoms with van der Waals surface area (Å²) in [5.74, 6) is 0.960. The van der Waals surface area contributed by atoms with E-state index < -0.39 is 0 Å². The molecule has 0 amide bonds. The molecule has 0 saturated carbocycles. The van der Waals surface area contributed by atoms with Crippen LogP contribution in [-0.4, -0.2) is 27.5 Å². The van der Waals surface area contributed by atoms with Gasteiger partial charge in [0.05, 0.1) is 13.8 Å². The molecule has 0 aromatic heterocycles. The van der Waals surface area contributed by atoms with E-state index in [4.69, 9.17) is 9.47 Å². The first-order valence-corrected chi connectivity index (χ1v) is 6.36. The Morgan fingerprint density at radius 1 is 1.17 bits per heavy atom.